The van der Waals surface area contributed by atoms with Crippen LogP contribution in [-0.4, -0.2) is 50.5 Å². The smallest absolute Gasteiger partial charge is 0.127 e. The van der Waals surface area contributed by atoms with E-state index in [1.165, 1.54) is 39.3 Å². The Labute approximate surface area is 79.3 Å². The maximum absolute atomic E-state index is 10.2. The topological polar surface area (TPSA) is 29.1 Å². The molecule has 4 aliphatic heterocycles. The first-order chi connectivity index (χ1) is 6.17. The number of piperidine rings is 2. The van der Waals surface area contributed by atoms with Crippen molar-refractivity contribution in [1.29, 1.82) is 0 Å². The Kier molecular flexibility index (Phi) is 1.56. The first-order valence-electron chi connectivity index (χ1n) is 5.53. The first-order valence-corrected chi connectivity index (χ1v) is 5.53. The van der Waals surface area contributed by atoms with Crippen molar-refractivity contribution in [1.82, 2.24) is 0 Å². The lowest BCUT2D eigenvalue weighted by Crippen LogP contribution is -3.17. The molecule has 3 N–H and O–H groups in total. The fourth-order valence-corrected chi connectivity index (χ4v) is 3.90. The summed E-state index contributed by atoms with van der Waals surface area (Å²) in [5, 5.41) is 10.2. The number of aliphatic hydroxyl groups excluding tert-OH is 1. The summed E-state index contributed by atoms with van der Waals surface area (Å²) < 4.78 is 0. The predicted molar refractivity (Wildman–Crippen MR) is 48.7 cm³/mol. The summed E-state index contributed by atoms with van der Waals surface area (Å²) in [4.78, 5) is 3.48. The highest BCUT2D eigenvalue weighted by Gasteiger charge is 2.56. The van der Waals surface area contributed by atoms with E-state index in [2.05, 4.69) is 6.92 Å². The molecule has 4 bridgehead atoms. The molecule has 74 valence electrons. The minimum atomic E-state index is -0.0156. The third kappa shape index (κ3) is 1.07. The number of fused-ring (bicyclic) bond motifs is 1. The summed E-state index contributed by atoms with van der Waals surface area (Å²) in [6, 6.07) is 0. The highest BCUT2D eigenvalue weighted by Crippen LogP contribution is 2.28. The van der Waals surface area contributed by atoms with Crippen LogP contribution in [0.15, 0.2) is 0 Å². The van der Waals surface area contributed by atoms with Crippen LogP contribution in [0.25, 0.3) is 0 Å². The van der Waals surface area contributed by atoms with Gasteiger partial charge in [-0.05, 0) is 6.92 Å². The molecule has 0 aromatic carbocycles. The highest BCUT2D eigenvalue weighted by atomic mass is 16.3. The zero-order valence-corrected chi connectivity index (χ0v) is 8.34. The normalized spacial score (nSPS) is 59.5. The second-order valence-corrected chi connectivity index (χ2v) is 5.62. The predicted octanol–water partition coefficient (Wildman–Crippen LogP) is -3.22. The Hall–Kier alpha value is -0.120. The Morgan fingerprint density at radius 3 is 2.15 bits per heavy atom. The molecular formula is C10H20N2O+2. The molecule has 3 atom stereocenters. The van der Waals surface area contributed by atoms with E-state index in [1.54, 1.807) is 9.80 Å². The van der Waals surface area contributed by atoms with Crippen LogP contribution in [0.4, 0.5) is 0 Å². The molecule has 3 heteroatoms. The molecule has 4 rings (SSSR count). The molecule has 13 heavy (non-hydrogen) atoms. The molecule has 4 aliphatic rings. The number of rotatable bonds is 0. The van der Waals surface area contributed by atoms with Gasteiger partial charge in [0.1, 0.15) is 13.1 Å². The molecule has 0 aromatic rings. The van der Waals surface area contributed by atoms with Crippen molar-refractivity contribution in [3.63, 3.8) is 0 Å². The van der Waals surface area contributed by atoms with Gasteiger partial charge in [0.2, 0.25) is 0 Å². The van der Waals surface area contributed by atoms with Crippen molar-refractivity contribution < 1.29 is 14.9 Å². The minimum absolute atomic E-state index is 0.0156. The summed E-state index contributed by atoms with van der Waals surface area (Å²) in [6.07, 6.45) is -0.0156. The third-order valence-corrected chi connectivity index (χ3v) is 4.40. The van der Waals surface area contributed by atoms with Crippen LogP contribution >= 0.6 is 0 Å². The third-order valence-electron chi connectivity index (χ3n) is 4.40. The van der Waals surface area contributed by atoms with Gasteiger partial charge in [-0.1, -0.05) is 0 Å². The Morgan fingerprint density at radius 1 is 1.15 bits per heavy atom. The highest BCUT2D eigenvalue weighted by molar-refractivity contribution is 4.92. The molecule has 3 nitrogen and oxygen atoms in total. The van der Waals surface area contributed by atoms with E-state index in [9.17, 15) is 5.11 Å². The van der Waals surface area contributed by atoms with Crippen LogP contribution in [-0.2, 0) is 0 Å². The van der Waals surface area contributed by atoms with Gasteiger partial charge in [0.25, 0.3) is 0 Å². The van der Waals surface area contributed by atoms with Crippen molar-refractivity contribution in [2.75, 3.05) is 39.3 Å². The van der Waals surface area contributed by atoms with Gasteiger partial charge in [-0.2, -0.15) is 0 Å². The van der Waals surface area contributed by atoms with E-state index in [4.69, 9.17) is 0 Å². The van der Waals surface area contributed by atoms with Crippen molar-refractivity contribution in [2.24, 2.45) is 11.3 Å². The largest absolute Gasteiger partial charge is 0.391 e. The molecule has 2 unspecified atom stereocenters. The number of quaternary nitrogens is 2. The fraction of sp³-hybridized carbons (Fsp3) is 1.00. The van der Waals surface area contributed by atoms with Crippen molar-refractivity contribution in [2.45, 2.75) is 13.0 Å². The van der Waals surface area contributed by atoms with E-state index >= 15 is 0 Å². The van der Waals surface area contributed by atoms with E-state index < -0.39 is 0 Å². The van der Waals surface area contributed by atoms with Crippen molar-refractivity contribution in [3.8, 4) is 0 Å². The van der Waals surface area contributed by atoms with E-state index in [0.717, 1.165) is 0 Å². The quantitative estimate of drug-likeness (QED) is 0.363. The second-order valence-electron chi connectivity index (χ2n) is 5.62. The minimum Gasteiger partial charge on any atom is -0.391 e. The van der Waals surface area contributed by atoms with Gasteiger partial charge < -0.3 is 14.9 Å². The Bertz CT molecular complexity index is 215. The van der Waals surface area contributed by atoms with Gasteiger partial charge in [0.05, 0.1) is 43.6 Å². The molecule has 0 aliphatic carbocycles. The van der Waals surface area contributed by atoms with Gasteiger partial charge in [-0.25, -0.2) is 0 Å². The molecule has 4 heterocycles. The van der Waals surface area contributed by atoms with Crippen molar-refractivity contribution in [3.05, 3.63) is 0 Å². The number of nitrogens with one attached hydrogen (secondary N) is 2. The monoisotopic (exact) mass is 184 g/mol. The lowest BCUT2D eigenvalue weighted by atomic mass is 9.71. The Balaban J connectivity index is 1.98. The maximum Gasteiger partial charge on any atom is 0.127 e. The molecular weight excluding hydrogens is 164 g/mol. The summed E-state index contributed by atoms with van der Waals surface area (Å²) in [7, 11) is 0. The molecule has 0 saturated carbocycles. The van der Waals surface area contributed by atoms with Gasteiger partial charge in [-0.15, -0.1) is 0 Å². The Morgan fingerprint density at radius 2 is 1.69 bits per heavy atom. The van der Waals surface area contributed by atoms with Crippen LogP contribution in [0.3, 0.4) is 0 Å². The zero-order valence-electron chi connectivity index (χ0n) is 8.34. The SMILES string of the molecule is CC12C[NH+]3CC[NH+](CC(C3)[C@H]1O)C2. The molecule has 4 fully saturated rings. The van der Waals surface area contributed by atoms with Crippen molar-refractivity contribution >= 4 is 0 Å². The number of aliphatic hydroxyl groups is 1. The second kappa shape index (κ2) is 2.47. The number of hydrogen-bond donors (Lipinski definition) is 3. The van der Waals surface area contributed by atoms with E-state index in [0.29, 0.717) is 5.92 Å². The summed E-state index contributed by atoms with van der Waals surface area (Å²) in [5.41, 5.74) is 0.225. The van der Waals surface area contributed by atoms with Crippen LogP contribution < -0.4 is 9.80 Å². The van der Waals surface area contributed by atoms with Crippen LogP contribution in [0.2, 0.25) is 0 Å². The van der Waals surface area contributed by atoms with Crippen LogP contribution in [0, 0.1) is 11.3 Å². The summed E-state index contributed by atoms with van der Waals surface area (Å²) >= 11 is 0. The molecule has 0 spiro atoms. The molecule has 0 aromatic heterocycles. The van der Waals surface area contributed by atoms with Gasteiger partial charge in [-0.3, -0.25) is 0 Å². The maximum atomic E-state index is 10.2. The lowest BCUT2D eigenvalue weighted by Gasteiger charge is -2.46. The summed E-state index contributed by atoms with van der Waals surface area (Å²) in [5.74, 6) is 0.583. The van der Waals surface area contributed by atoms with Gasteiger partial charge >= 0.3 is 0 Å². The number of hydrogen-bond acceptors (Lipinski definition) is 1. The standard InChI is InChI=1S/C10H18N2O/c1-10-6-11-2-3-12(7-10)5-8(4-11)9(10)13/h8-9,13H,2-7H2,1H3/p+2/t8?,9-,10?/m1/s1. The average molecular weight is 184 g/mol. The van der Waals surface area contributed by atoms with Gasteiger partial charge in [0, 0.05) is 0 Å². The zero-order chi connectivity index (χ0) is 9.05. The van der Waals surface area contributed by atoms with E-state index in [-0.39, 0.29) is 11.5 Å². The fourth-order valence-electron chi connectivity index (χ4n) is 3.90. The van der Waals surface area contributed by atoms with Gasteiger partial charge in [0.15, 0.2) is 0 Å². The van der Waals surface area contributed by atoms with E-state index in [1.807, 2.05) is 0 Å². The van der Waals surface area contributed by atoms with Crippen LogP contribution in [0.1, 0.15) is 6.92 Å². The molecule has 0 radical (unpaired) electrons. The lowest BCUT2D eigenvalue weighted by molar-refractivity contribution is -0.918. The summed E-state index contributed by atoms with van der Waals surface area (Å²) in [6.45, 7) is 9.79. The first kappa shape index (κ1) is 8.21. The molecule has 4 saturated heterocycles. The van der Waals surface area contributed by atoms with Crippen LogP contribution in [0.5, 0.6) is 0 Å². The molecule has 0 amide bonds. The average Bonchev–Trinajstić information content (AvgIpc) is 2.28.